The van der Waals surface area contributed by atoms with Gasteiger partial charge in [-0.15, -0.1) is 0 Å². The van der Waals surface area contributed by atoms with E-state index in [1.54, 1.807) is 25.2 Å². The van der Waals surface area contributed by atoms with Gasteiger partial charge in [-0.2, -0.15) is 13.2 Å². The summed E-state index contributed by atoms with van der Waals surface area (Å²) >= 11 is 0. The van der Waals surface area contributed by atoms with Crippen molar-refractivity contribution >= 4 is 32.1 Å². The molecular formula is C27H30F4N4O3S. The first-order valence-electron chi connectivity index (χ1n) is 12.2. The number of rotatable bonds is 6. The van der Waals surface area contributed by atoms with Crippen molar-refractivity contribution in [2.45, 2.75) is 36.1 Å². The third-order valence-electron chi connectivity index (χ3n) is 6.79. The number of alkyl halides is 4. The molecule has 0 amide bonds. The van der Waals surface area contributed by atoms with Crippen LogP contribution in [0.4, 0.5) is 28.9 Å². The molecule has 2 heterocycles. The molecule has 0 saturated carbocycles. The molecule has 3 aromatic rings. The number of nitrogen functional groups attached to an aromatic ring is 1. The fraction of sp³-hybridized carbons (Fsp3) is 0.407. The van der Waals surface area contributed by atoms with Crippen LogP contribution in [0.1, 0.15) is 23.6 Å². The molecule has 7 nitrogen and oxygen atoms in total. The number of piperidine rings is 1. The van der Waals surface area contributed by atoms with Gasteiger partial charge in [0.2, 0.25) is 0 Å². The second kappa shape index (κ2) is 11.0. The number of halogens is 4. The molecule has 2 unspecified atom stereocenters. The molecule has 1 aromatic heterocycles. The number of methoxy groups -OCH3 is 1. The van der Waals surface area contributed by atoms with Gasteiger partial charge >= 0.3 is 6.18 Å². The number of hydrogen-bond acceptors (Lipinski definition) is 6. The summed E-state index contributed by atoms with van der Waals surface area (Å²) in [4.78, 5) is 1.92. The molecule has 2 atom stereocenters. The summed E-state index contributed by atoms with van der Waals surface area (Å²) < 4.78 is 86.4. The van der Waals surface area contributed by atoms with Gasteiger partial charge in [0.25, 0.3) is 0 Å². The molecule has 12 heteroatoms. The molecule has 39 heavy (non-hydrogen) atoms. The van der Waals surface area contributed by atoms with Gasteiger partial charge in [0, 0.05) is 41.4 Å². The van der Waals surface area contributed by atoms with Crippen molar-refractivity contribution in [2.24, 2.45) is 0 Å². The van der Waals surface area contributed by atoms with E-state index in [-0.39, 0.29) is 40.6 Å². The van der Waals surface area contributed by atoms with Crippen molar-refractivity contribution in [3.63, 3.8) is 0 Å². The van der Waals surface area contributed by atoms with Crippen LogP contribution in [0.5, 0.6) is 5.75 Å². The van der Waals surface area contributed by atoms with Gasteiger partial charge in [0.15, 0.2) is 9.84 Å². The molecule has 1 aliphatic rings. The molecule has 1 fully saturated rings. The zero-order chi connectivity index (χ0) is 28.5. The number of likely N-dealkylation sites (tertiary alicyclic amines) is 1. The Morgan fingerprint density at radius 2 is 1.97 bits per heavy atom. The van der Waals surface area contributed by atoms with E-state index in [2.05, 4.69) is 17.2 Å². The fourth-order valence-corrected chi connectivity index (χ4v) is 5.63. The fourth-order valence-electron chi connectivity index (χ4n) is 5.00. The highest BCUT2D eigenvalue weighted by atomic mass is 32.2. The smallest absolute Gasteiger partial charge is 0.406 e. The van der Waals surface area contributed by atoms with Gasteiger partial charge in [-0.1, -0.05) is 12.0 Å². The third-order valence-corrected chi connectivity index (χ3v) is 7.90. The second-order valence-corrected chi connectivity index (χ2v) is 11.7. The van der Waals surface area contributed by atoms with Crippen LogP contribution in [-0.2, 0) is 16.4 Å². The van der Waals surface area contributed by atoms with Crippen molar-refractivity contribution in [3.05, 3.63) is 47.7 Å². The molecular weight excluding hydrogens is 536 g/mol. The zero-order valence-corrected chi connectivity index (χ0v) is 22.6. The summed E-state index contributed by atoms with van der Waals surface area (Å²) in [6, 6.07) is 9.01. The lowest BCUT2D eigenvalue weighted by molar-refractivity contribution is -0.140. The molecule has 0 spiro atoms. The number of benzene rings is 2. The van der Waals surface area contributed by atoms with Gasteiger partial charge in [-0.3, -0.25) is 0 Å². The minimum atomic E-state index is -4.54. The molecule has 4 rings (SSSR count). The number of sulfone groups is 1. The maximum atomic E-state index is 15.3. The molecule has 0 radical (unpaired) electrons. The van der Waals surface area contributed by atoms with E-state index in [4.69, 9.17) is 10.5 Å². The summed E-state index contributed by atoms with van der Waals surface area (Å²) in [5.74, 6) is 5.34. The number of nitrogens with one attached hydrogen (secondary N) is 1. The molecule has 2 aromatic carbocycles. The van der Waals surface area contributed by atoms with Crippen LogP contribution in [0.3, 0.4) is 0 Å². The van der Waals surface area contributed by atoms with E-state index >= 15 is 4.39 Å². The van der Waals surface area contributed by atoms with Crippen LogP contribution in [0.25, 0.3) is 10.9 Å². The van der Waals surface area contributed by atoms with Crippen molar-refractivity contribution in [1.82, 2.24) is 9.47 Å². The van der Waals surface area contributed by atoms with E-state index in [1.807, 2.05) is 4.90 Å². The molecule has 0 bridgehead atoms. The number of nitrogens with zero attached hydrogens (tertiary/aromatic N) is 2. The Balaban J connectivity index is 1.77. The van der Waals surface area contributed by atoms with Crippen LogP contribution >= 0.6 is 0 Å². The largest absolute Gasteiger partial charge is 0.495 e. The maximum Gasteiger partial charge on any atom is 0.406 e. The lowest BCUT2D eigenvalue weighted by Crippen LogP contribution is -2.38. The van der Waals surface area contributed by atoms with Crippen LogP contribution in [0, 0.1) is 11.8 Å². The highest BCUT2D eigenvalue weighted by Gasteiger charge is 2.37. The Labute approximate surface area is 224 Å². The van der Waals surface area contributed by atoms with E-state index in [1.165, 1.54) is 25.3 Å². The van der Waals surface area contributed by atoms with Gasteiger partial charge in [0.1, 0.15) is 18.5 Å². The van der Waals surface area contributed by atoms with Gasteiger partial charge in [-0.25, -0.2) is 12.8 Å². The number of hydrogen-bond donors (Lipinski definition) is 2. The molecule has 3 N–H and O–H groups in total. The molecule has 1 aliphatic heterocycles. The van der Waals surface area contributed by atoms with Crippen molar-refractivity contribution < 1.29 is 30.7 Å². The molecule has 0 aliphatic carbocycles. The Morgan fingerprint density at radius 1 is 1.23 bits per heavy atom. The minimum Gasteiger partial charge on any atom is -0.495 e. The van der Waals surface area contributed by atoms with E-state index in [0.29, 0.717) is 29.6 Å². The second-order valence-electron chi connectivity index (χ2n) is 9.67. The first-order valence-corrected chi connectivity index (χ1v) is 14.1. The van der Waals surface area contributed by atoms with Crippen molar-refractivity contribution in [3.8, 4) is 17.6 Å². The van der Waals surface area contributed by atoms with E-state index < -0.39 is 34.6 Å². The van der Waals surface area contributed by atoms with E-state index in [0.717, 1.165) is 10.8 Å². The highest BCUT2D eigenvalue weighted by molar-refractivity contribution is 7.90. The Hall–Kier alpha value is -3.43. The van der Waals surface area contributed by atoms with E-state index in [9.17, 15) is 21.6 Å². The third kappa shape index (κ3) is 6.25. The Morgan fingerprint density at radius 3 is 2.62 bits per heavy atom. The summed E-state index contributed by atoms with van der Waals surface area (Å²) in [5.41, 5.74) is 7.70. The van der Waals surface area contributed by atoms with Crippen LogP contribution in [0.2, 0.25) is 0 Å². The van der Waals surface area contributed by atoms with Crippen LogP contribution in [0.15, 0.2) is 41.3 Å². The standard InChI is InChI=1S/C27H30F4N4O3S/c1-34-13-11-18(19(28)15-34)25-22(35(16-27(29,30)31)23-7-4-6-20(32)26(23)25)8-5-12-33-21-10-9-17(39(3,36)37)14-24(21)38-2/h4,6-7,9-10,14,18-19,33H,11-13,15-16,32H2,1-3H3. The monoisotopic (exact) mass is 566 g/mol. The van der Waals surface area contributed by atoms with Crippen LogP contribution < -0.4 is 15.8 Å². The average Bonchev–Trinajstić information content (AvgIpc) is 3.14. The summed E-state index contributed by atoms with van der Waals surface area (Å²) in [6.07, 6.45) is -4.35. The predicted octanol–water partition coefficient (Wildman–Crippen LogP) is 4.42. The van der Waals surface area contributed by atoms with Crippen molar-refractivity contribution in [1.29, 1.82) is 0 Å². The summed E-state index contributed by atoms with van der Waals surface area (Å²) in [6.45, 7) is -0.555. The lowest BCUT2D eigenvalue weighted by Gasteiger charge is -2.32. The first kappa shape index (κ1) is 28.6. The number of fused-ring (bicyclic) bond motifs is 1. The quantitative estimate of drug-likeness (QED) is 0.261. The first-order chi connectivity index (χ1) is 18.3. The predicted molar refractivity (Wildman–Crippen MR) is 144 cm³/mol. The van der Waals surface area contributed by atoms with Gasteiger partial charge in [-0.05, 0) is 50.2 Å². The summed E-state index contributed by atoms with van der Waals surface area (Å²) in [7, 11) is -0.260. The summed E-state index contributed by atoms with van der Waals surface area (Å²) in [5, 5.41) is 3.41. The lowest BCUT2D eigenvalue weighted by atomic mass is 9.85. The zero-order valence-electron chi connectivity index (χ0n) is 21.8. The van der Waals surface area contributed by atoms with Gasteiger partial charge < -0.3 is 25.3 Å². The average molecular weight is 567 g/mol. The topological polar surface area (TPSA) is 89.6 Å². The molecule has 210 valence electrons. The number of anilines is 2. The number of aromatic nitrogens is 1. The maximum absolute atomic E-state index is 15.3. The highest BCUT2D eigenvalue weighted by Crippen LogP contribution is 2.41. The SMILES string of the molecule is COc1cc(S(C)(=O)=O)ccc1NCC#Cc1c(C2CCN(C)CC2F)c2c(N)cccc2n1CC(F)(F)F. The number of nitrogens with two attached hydrogens (primary N) is 1. The Bertz CT molecular complexity index is 1540. The minimum absolute atomic E-state index is 0.00348. The Kier molecular flexibility index (Phi) is 8.04. The van der Waals surface area contributed by atoms with Crippen molar-refractivity contribution in [2.75, 3.05) is 51.1 Å². The molecule has 1 saturated heterocycles. The number of ether oxygens (including phenoxy) is 1. The van der Waals surface area contributed by atoms with Crippen LogP contribution in [-0.4, -0.2) is 70.3 Å². The normalized spacial score (nSPS) is 18.5. The van der Waals surface area contributed by atoms with Gasteiger partial charge in [0.05, 0.1) is 35.4 Å².